The molecule has 3 aromatic rings. The molecule has 0 aliphatic heterocycles. The van der Waals surface area contributed by atoms with Gasteiger partial charge in [0.1, 0.15) is 12.2 Å². The number of amides is 2. The molecular weight excluding hydrogens is 413 g/mol. The molecule has 29 heavy (non-hydrogen) atoms. The van der Waals surface area contributed by atoms with Crippen molar-refractivity contribution in [2.45, 2.75) is 12.9 Å². The summed E-state index contributed by atoms with van der Waals surface area (Å²) in [6.45, 7) is -0.254. The van der Waals surface area contributed by atoms with E-state index in [-0.39, 0.29) is 17.1 Å². The highest BCUT2D eigenvalue weighted by Crippen LogP contribution is 2.30. The molecule has 0 fully saturated rings. The molecule has 2 aromatic heterocycles. The van der Waals surface area contributed by atoms with E-state index in [1.807, 2.05) is 0 Å². The number of hydrogen-bond donors (Lipinski definition) is 3. The highest BCUT2D eigenvalue weighted by atomic mass is 32.1. The Morgan fingerprint density at radius 1 is 1.17 bits per heavy atom. The van der Waals surface area contributed by atoms with Crippen molar-refractivity contribution in [2.24, 2.45) is 0 Å². The van der Waals surface area contributed by atoms with Crippen LogP contribution in [-0.2, 0) is 11.3 Å². The van der Waals surface area contributed by atoms with Crippen LogP contribution in [0.5, 0.6) is 5.75 Å². The van der Waals surface area contributed by atoms with E-state index in [9.17, 15) is 22.8 Å². The number of aromatic nitrogens is 2. The molecule has 0 saturated carbocycles. The summed E-state index contributed by atoms with van der Waals surface area (Å²) in [6.07, 6.45) is -3.37. The summed E-state index contributed by atoms with van der Waals surface area (Å²) >= 11 is 1.09. The number of carbonyl (C=O) groups excluding carboxylic acids is 2. The Hall–Kier alpha value is -3.38. The normalized spacial score (nSPS) is 11.2. The lowest BCUT2D eigenvalue weighted by Gasteiger charge is -2.13. The van der Waals surface area contributed by atoms with Gasteiger partial charge in [-0.25, -0.2) is 5.48 Å². The Balaban J connectivity index is 1.67. The van der Waals surface area contributed by atoms with Crippen LogP contribution in [0, 0.1) is 0 Å². The Morgan fingerprint density at radius 2 is 1.93 bits per heavy atom. The average Bonchev–Trinajstić information content (AvgIpc) is 3.31. The number of para-hydroxylation sites is 2. The molecule has 8 nitrogen and oxygen atoms in total. The van der Waals surface area contributed by atoms with E-state index in [0.717, 1.165) is 17.4 Å². The van der Waals surface area contributed by atoms with Crippen molar-refractivity contribution in [3.63, 3.8) is 0 Å². The minimum absolute atomic E-state index is 0.125. The fourth-order valence-electron chi connectivity index (χ4n) is 2.35. The predicted octanol–water partition coefficient (Wildman–Crippen LogP) is 3.27. The number of carbonyl (C=O) groups is 2. The topological polar surface area (TPSA) is 105 Å². The van der Waals surface area contributed by atoms with Crippen LogP contribution in [0.4, 0.5) is 18.9 Å². The number of nitrogens with zero attached hydrogens (tertiary/aromatic N) is 2. The molecule has 0 aliphatic rings. The maximum Gasteiger partial charge on any atom is 0.573 e. The van der Waals surface area contributed by atoms with Crippen molar-refractivity contribution in [1.29, 1.82) is 0 Å². The van der Waals surface area contributed by atoms with E-state index < -0.39 is 23.9 Å². The second kappa shape index (κ2) is 8.32. The number of thiophene rings is 1. The fourth-order valence-corrected chi connectivity index (χ4v) is 3.22. The van der Waals surface area contributed by atoms with Crippen LogP contribution in [0.1, 0.15) is 9.67 Å². The van der Waals surface area contributed by atoms with Crippen molar-refractivity contribution < 1.29 is 32.7 Å². The van der Waals surface area contributed by atoms with Gasteiger partial charge < -0.3 is 10.1 Å². The van der Waals surface area contributed by atoms with Crippen LogP contribution in [0.3, 0.4) is 0 Å². The maximum absolute atomic E-state index is 12.5. The van der Waals surface area contributed by atoms with Crippen LogP contribution in [0.15, 0.2) is 48.7 Å². The fraction of sp³-hybridized carbons (Fsp3) is 0.118. The van der Waals surface area contributed by atoms with E-state index in [0.29, 0.717) is 10.6 Å². The summed E-state index contributed by atoms with van der Waals surface area (Å²) < 4.78 is 42.6. The minimum atomic E-state index is -4.88. The molecule has 0 radical (unpaired) electrons. The molecule has 152 valence electrons. The lowest BCUT2D eigenvalue weighted by Crippen LogP contribution is -2.22. The van der Waals surface area contributed by atoms with Gasteiger partial charge in [0.05, 0.1) is 15.4 Å². The summed E-state index contributed by atoms with van der Waals surface area (Å²) in [6, 6.07) is 9.94. The molecule has 2 amide bonds. The Labute approximate surface area is 165 Å². The number of alkyl halides is 3. The van der Waals surface area contributed by atoms with Crippen molar-refractivity contribution in [2.75, 3.05) is 5.32 Å². The number of hydroxylamine groups is 1. The summed E-state index contributed by atoms with van der Waals surface area (Å²) in [5.41, 5.74) is 1.89. The molecule has 0 unspecified atom stereocenters. The van der Waals surface area contributed by atoms with Gasteiger partial charge in [-0.2, -0.15) is 5.10 Å². The first-order valence-corrected chi connectivity index (χ1v) is 8.79. The summed E-state index contributed by atoms with van der Waals surface area (Å²) in [4.78, 5) is 24.5. The van der Waals surface area contributed by atoms with Gasteiger partial charge in [0.2, 0.25) is 5.91 Å². The maximum atomic E-state index is 12.5. The van der Waals surface area contributed by atoms with E-state index in [1.165, 1.54) is 40.6 Å². The van der Waals surface area contributed by atoms with Gasteiger partial charge in [0, 0.05) is 6.20 Å². The largest absolute Gasteiger partial charge is 0.573 e. The minimum Gasteiger partial charge on any atom is -0.404 e. The highest BCUT2D eigenvalue weighted by molar-refractivity contribution is 7.17. The monoisotopic (exact) mass is 426 g/mol. The van der Waals surface area contributed by atoms with Crippen LogP contribution < -0.4 is 15.5 Å². The zero-order valence-corrected chi connectivity index (χ0v) is 15.3. The van der Waals surface area contributed by atoms with Gasteiger partial charge in [0.25, 0.3) is 5.91 Å². The third-order valence-corrected chi connectivity index (χ3v) is 4.62. The van der Waals surface area contributed by atoms with E-state index >= 15 is 0 Å². The van der Waals surface area contributed by atoms with Crippen LogP contribution in [0.2, 0.25) is 0 Å². The van der Waals surface area contributed by atoms with Crippen molar-refractivity contribution in [3.05, 3.63) is 53.5 Å². The molecule has 12 heteroatoms. The van der Waals surface area contributed by atoms with Gasteiger partial charge in [-0.1, -0.05) is 12.1 Å². The van der Waals surface area contributed by atoms with Crippen molar-refractivity contribution >= 4 is 28.8 Å². The van der Waals surface area contributed by atoms with Crippen molar-refractivity contribution in [1.82, 2.24) is 15.3 Å². The molecule has 1 aromatic carbocycles. The number of halogens is 3. The zero-order chi connectivity index (χ0) is 21.0. The number of hydrogen-bond acceptors (Lipinski definition) is 6. The SMILES string of the molecule is O=C(Cn1ccc(-c2ccc(C(=O)NO)s2)n1)Nc1ccccc1OC(F)(F)F. The first-order valence-electron chi connectivity index (χ1n) is 7.98. The smallest absolute Gasteiger partial charge is 0.404 e. The van der Waals surface area contributed by atoms with Gasteiger partial charge in [-0.15, -0.1) is 24.5 Å². The quantitative estimate of drug-likeness (QED) is 0.415. The second-order valence-corrected chi connectivity index (χ2v) is 6.68. The molecular formula is C17H13F3N4O4S. The number of ether oxygens (including phenoxy) is 1. The summed E-state index contributed by atoms with van der Waals surface area (Å²) in [5, 5.41) is 15.2. The van der Waals surface area contributed by atoms with Crippen LogP contribution >= 0.6 is 11.3 Å². The molecule has 3 N–H and O–H groups in total. The zero-order valence-electron chi connectivity index (χ0n) is 14.4. The molecule has 3 rings (SSSR count). The predicted molar refractivity (Wildman–Crippen MR) is 96.5 cm³/mol. The Bertz CT molecular complexity index is 1030. The lowest BCUT2D eigenvalue weighted by atomic mass is 10.3. The summed E-state index contributed by atoms with van der Waals surface area (Å²) in [7, 11) is 0. The van der Waals surface area contributed by atoms with E-state index in [1.54, 1.807) is 12.1 Å². The number of anilines is 1. The number of benzene rings is 1. The Morgan fingerprint density at radius 3 is 2.66 bits per heavy atom. The van der Waals surface area contributed by atoms with Gasteiger partial charge in [-0.3, -0.25) is 19.5 Å². The molecule has 0 bridgehead atoms. The average molecular weight is 426 g/mol. The Kier molecular flexibility index (Phi) is 5.84. The van der Waals surface area contributed by atoms with Gasteiger partial charge in [-0.05, 0) is 30.3 Å². The van der Waals surface area contributed by atoms with Crippen LogP contribution in [0.25, 0.3) is 10.6 Å². The first-order chi connectivity index (χ1) is 13.7. The molecule has 2 heterocycles. The van der Waals surface area contributed by atoms with E-state index in [4.69, 9.17) is 5.21 Å². The third kappa shape index (κ3) is 5.33. The van der Waals surface area contributed by atoms with Gasteiger partial charge >= 0.3 is 6.36 Å². The molecule has 0 saturated heterocycles. The standard InChI is InChI=1S/C17H13F3N4O4S/c18-17(19,20)28-12-4-2-1-3-10(12)21-15(25)9-24-8-7-11(22-24)13-5-6-14(29-13)16(26)23-27/h1-8,27H,9H2,(H,21,25)(H,23,26). The van der Waals surface area contributed by atoms with Crippen molar-refractivity contribution in [3.8, 4) is 16.3 Å². The molecule has 0 aliphatic carbocycles. The molecule has 0 atom stereocenters. The van der Waals surface area contributed by atoms with Crippen LogP contribution in [-0.4, -0.2) is 33.2 Å². The summed E-state index contributed by atoms with van der Waals surface area (Å²) in [5.74, 6) is -1.79. The number of rotatable bonds is 6. The first kappa shape index (κ1) is 20.4. The van der Waals surface area contributed by atoms with E-state index in [2.05, 4.69) is 15.2 Å². The lowest BCUT2D eigenvalue weighted by molar-refractivity contribution is -0.274. The third-order valence-electron chi connectivity index (χ3n) is 3.52. The number of nitrogens with one attached hydrogen (secondary N) is 2. The van der Waals surface area contributed by atoms with Gasteiger partial charge in [0.15, 0.2) is 5.75 Å². The highest BCUT2D eigenvalue weighted by Gasteiger charge is 2.32. The molecule has 0 spiro atoms. The second-order valence-electron chi connectivity index (χ2n) is 5.60.